The molecule has 2 heterocycles. The number of rotatable bonds is 2. The van der Waals surface area contributed by atoms with Crippen LogP contribution in [0.25, 0.3) is 12.2 Å². The zero-order valence-electron chi connectivity index (χ0n) is 6.49. The first-order valence-corrected chi connectivity index (χ1v) is 3.75. The molecular formula is C9H9N3. The van der Waals surface area contributed by atoms with Gasteiger partial charge in [0.1, 0.15) is 0 Å². The molecule has 0 unspecified atom stereocenters. The molecule has 3 nitrogen and oxygen atoms in total. The molecule has 0 amide bonds. The Hall–Kier alpha value is -1.77. The molecule has 2 aromatic heterocycles. The van der Waals surface area contributed by atoms with Crippen molar-refractivity contribution in [2.45, 2.75) is 0 Å². The summed E-state index contributed by atoms with van der Waals surface area (Å²) in [7, 11) is 0. The van der Waals surface area contributed by atoms with Gasteiger partial charge in [-0.3, -0.25) is 0 Å². The van der Waals surface area contributed by atoms with Crippen molar-refractivity contribution in [3.8, 4) is 0 Å². The Morgan fingerprint density at radius 2 is 2.08 bits per heavy atom. The number of hydrogen-bond acceptors (Lipinski definition) is 1. The molecule has 0 bridgehead atoms. The average Bonchev–Trinajstić information content (AvgIpc) is 2.74. The minimum absolute atomic E-state index is 1.00. The molecule has 0 saturated heterocycles. The number of aromatic nitrogens is 3. The molecule has 2 N–H and O–H groups in total. The third-order valence-electron chi connectivity index (χ3n) is 1.58. The molecule has 0 aliphatic carbocycles. The molecule has 0 aromatic carbocycles. The molecule has 3 heteroatoms. The zero-order valence-corrected chi connectivity index (χ0v) is 6.49. The molecule has 60 valence electrons. The van der Waals surface area contributed by atoms with Gasteiger partial charge in [-0.15, -0.1) is 0 Å². The van der Waals surface area contributed by atoms with Crippen molar-refractivity contribution in [2.24, 2.45) is 0 Å². The largest absolute Gasteiger partial charge is 0.362 e. The van der Waals surface area contributed by atoms with E-state index in [1.807, 2.05) is 30.5 Å². The van der Waals surface area contributed by atoms with Crippen LogP contribution in [0.3, 0.4) is 0 Å². The fourth-order valence-electron chi connectivity index (χ4n) is 0.985. The summed E-state index contributed by atoms with van der Waals surface area (Å²) in [4.78, 5) is 9.97. The standard InChI is InChI=1S/C9H9N3/c1-2-8(11-5-1)3-4-9-6-10-7-12-9/h1-7,11H,(H,10,12)/b4-3+. The minimum atomic E-state index is 1.00. The Bertz CT molecular complexity index is 307. The zero-order chi connectivity index (χ0) is 8.23. The highest BCUT2D eigenvalue weighted by Gasteiger charge is 1.86. The number of imidazole rings is 1. The van der Waals surface area contributed by atoms with Crippen molar-refractivity contribution in [2.75, 3.05) is 0 Å². The Morgan fingerprint density at radius 1 is 1.17 bits per heavy atom. The lowest BCUT2D eigenvalue weighted by Gasteiger charge is -1.83. The van der Waals surface area contributed by atoms with Crippen LogP contribution in [0.4, 0.5) is 0 Å². The van der Waals surface area contributed by atoms with Gasteiger partial charge in [0.25, 0.3) is 0 Å². The van der Waals surface area contributed by atoms with Crippen molar-refractivity contribution < 1.29 is 0 Å². The third-order valence-corrected chi connectivity index (χ3v) is 1.58. The first-order valence-electron chi connectivity index (χ1n) is 3.75. The second kappa shape index (κ2) is 3.09. The number of nitrogens with one attached hydrogen (secondary N) is 2. The van der Waals surface area contributed by atoms with Crippen LogP contribution in [0.2, 0.25) is 0 Å². The molecule has 0 aliphatic rings. The van der Waals surface area contributed by atoms with Gasteiger partial charge in [0.05, 0.1) is 18.2 Å². The second-order valence-electron chi connectivity index (χ2n) is 2.47. The van der Waals surface area contributed by atoms with E-state index in [9.17, 15) is 0 Å². The Morgan fingerprint density at radius 3 is 2.75 bits per heavy atom. The monoisotopic (exact) mass is 159 g/mol. The van der Waals surface area contributed by atoms with Crippen molar-refractivity contribution in [1.29, 1.82) is 0 Å². The van der Waals surface area contributed by atoms with Crippen LogP contribution >= 0.6 is 0 Å². The van der Waals surface area contributed by atoms with Crippen LogP contribution in [0.1, 0.15) is 11.4 Å². The van der Waals surface area contributed by atoms with Gasteiger partial charge in [0.2, 0.25) is 0 Å². The summed E-state index contributed by atoms with van der Waals surface area (Å²) in [5.74, 6) is 0. The molecule has 12 heavy (non-hydrogen) atoms. The fraction of sp³-hybridized carbons (Fsp3) is 0. The summed E-state index contributed by atoms with van der Waals surface area (Å²) in [6.07, 6.45) is 9.30. The van der Waals surface area contributed by atoms with Crippen LogP contribution < -0.4 is 0 Å². The summed E-state index contributed by atoms with van der Waals surface area (Å²) < 4.78 is 0. The molecule has 2 aromatic rings. The number of H-pyrrole nitrogens is 2. The van der Waals surface area contributed by atoms with E-state index in [-0.39, 0.29) is 0 Å². The fourth-order valence-corrected chi connectivity index (χ4v) is 0.985. The summed E-state index contributed by atoms with van der Waals surface area (Å²) >= 11 is 0. The van der Waals surface area contributed by atoms with Crippen LogP contribution in [-0.2, 0) is 0 Å². The lowest BCUT2D eigenvalue weighted by atomic mass is 10.3. The van der Waals surface area contributed by atoms with Crippen molar-refractivity contribution in [1.82, 2.24) is 15.0 Å². The van der Waals surface area contributed by atoms with Gasteiger partial charge >= 0.3 is 0 Å². The molecule has 0 aliphatic heterocycles. The van der Waals surface area contributed by atoms with Crippen molar-refractivity contribution in [3.63, 3.8) is 0 Å². The maximum Gasteiger partial charge on any atom is 0.0924 e. The molecule has 0 radical (unpaired) electrons. The van der Waals surface area contributed by atoms with E-state index in [0.29, 0.717) is 0 Å². The number of hydrogen-bond donors (Lipinski definition) is 2. The van der Waals surface area contributed by atoms with Gasteiger partial charge in [-0.1, -0.05) is 0 Å². The number of nitrogens with zero attached hydrogens (tertiary/aromatic N) is 1. The van der Waals surface area contributed by atoms with Crippen molar-refractivity contribution >= 4 is 12.2 Å². The maximum absolute atomic E-state index is 3.91. The average molecular weight is 159 g/mol. The van der Waals surface area contributed by atoms with E-state index in [2.05, 4.69) is 15.0 Å². The van der Waals surface area contributed by atoms with Crippen LogP contribution in [0.15, 0.2) is 30.9 Å². The Balaban J connectivity index is 2.14. The minimum Gasteiger partial charge on any atom is -0.362 e. The molecular weight excluding hydrogens is 150 g/mol. The van der Waals surface area contributed by atoms with Crippen LogP contribution in [0, 0.1) is 0 Å². The van der Waals surface area contributed by atoms with Crippen molar-refractivity contribution in [3.05, 3.63) is 42.2 Å². The highest BCUT2D eigenvalue weighted by atomic mass is 14.8. The first-order chi connectivity index (χ1) is 5.95. The van der Waals surface area contributed by atoms with E-state index in [1.165, 1.54) is 0 Å². The van der Waals surface area contributed by atoms with E-state index in [0.717, 1.165) is 11.4 Å². The van der Waals surface area contributed by atoms with Gasteiger partial charge in [-0.2, -0.15) is 0 Å². The van der Waals surface area contributed by atoms with Gasteiger partial charge in [-0.05, 0) is 24.3 Å². The topological polar surface area (TPSA) is 44.5 Å². The highest BCUT2D eigenvalue weighted by molar-refractivity contribution is 5.65. The molecule has 0 fully saturated rings. The second-order valence-corrected chi connectivity index (χ2v) is 2.47. The Labute approximate surface area is 70.2 Å². The maximum atomic E-state index is 3.91. The normalized spacial score (nSPS) is 11.0. The molecule has 0 saturated carbocycles. The highest BCUT2D eigenvalue weighted by Crippen LogP contribution is 2.02. The summed E-state index contributed by atoms with van der Waals surface area (Å²) in [6.45, 7) is 0. The molecule has 0 atom stereocenters. The molecule has 2 rings (SSSR count). The third kappa shape index (κ3) is 1.45. The Kier molecular flexibility index (Phi) is 1.78. The molecule has 0 spiro atoms. The van der Waals surface area contributed by atoms with Crippen LogP contribution in [0.5, 0.6) is 0 Å². The smallest absolute Gasteiger partial charge is 0.0924 e. The van der Waals surface area contributed by atoms with E-state index in [4.69, 9.17) is 0 Å². The van der Waals surface area contributed by atoms with Crippen LogP contribution in [-0.4, -0.2) is 15.0 Å². The van der Waals surface area contributed by atoms with Gasteiger partial charge in [0, 0.05) is 11.9 Å². The first kappa shape index (κ1) is 6.91. The quantitative estimate of drug-likeness (QED) is 0.690. The van der Waals surface area contributed by atoms with Gasteiger partial charge in [0.15, 0.2) is 0 Å². The van der Waals surface area contributed by atoms with E-state index in [1.54, 1.807) is 12.5 Å². The lowest BCUT2D eigenvalue weighted by molar-refractivity contribution is 1.31. The van der Waals surface area contributed by atoms with E-state index >= 15 is 0 Å². The van der Waals surface area contributed by atoms with Gasteiger partial charge < -0.3 is 9.97 Å². The lowest BCUT2D eigenvalue weighted by Crippen LogP contribution is -1.69. The predicted octanol–water partition coefficient (Wildman–Crippen LogP) is 1.91. The van der Waals surface area contributed by atoms with E-state index < -0.39 is 0 Å². The predicted molar refractivity (Wildman–Crippen MR) is 48.3 cm³/mol. The SMILES string of the molecule is C(=C\c1cnc[nH]1)/c1ccc[nH]1. The summed E-state index contributed by atoms with van der Waals surface area (Å²) in [6, 6.07) is 3.97. The van der Waals surface area contributed by atoms with Gasteiger partial charge in [-0.25, -0.2) is 4.98 Å². The summed E-state index contributed by atoms with van der Waals surface area (Å²) in [5.41, 5.74) is 2.09. The number of aromatic amines is 2. The summed E-state index contributed by atoms with van der Waals surface area (Å²) in [5, 5.41) is 0.